The van der Waals surface area contributed by atoms with Crippen molar-refractivity contribution in [3.8, 4) is 0 Å². The second kappa shape index (κ2) is 5.90. The van der Waals surface area contributed by atoms with E-state index in [2.05, 4.69) is 10.3 Å². The minimum Gasteiger partial charge on any atom is -0.480 e. The summed E-state index contributed by atoms with van der Waals surface area (Å²) in [6.45, 7) is 0. The molecule has 2 rings (SSSR count). The van der Waals surface area contributed by atoms with Crippen molar-refractivity contribution in [2.75, 3.05) is 5.73 Å². The van der Waals surface area contributed by atoms with Crippen LogP contribution in [0.1, 0.15) is 37.8 Å². The molecule has 1 aromatic rings. The molecule has 0 bridgehead atoms. The summed E-state index contributed by atoms with van der Waals surface area (Å²) in [4.78, 5) is 27.5. The standard InChI is InChI=1S/C14H19N3O3/c15-10-4-5-11(16-9-10)8-12(18)17-14(13(19)20)6-2-1-3-7-14/h4-5,9H,1-3,6-8,15H2,(H,17,18)(H,19,20). The number of nitrogen functional groups attached to an aromatic ring is 1. The van der Waals surface area contributed by atoms with Crippen LogP contribution in [-0.2, 0) is 16.0 Å². The molecule has 0 spiro atoms. The first-order valence-corrected chi connectivity index (χ1v) is 6.77. The Kier molecular flexibility index (Phi) is 4.22. The molecular formula is C14H19N3O3. The van der Waals surface area contributed by atoms with Crippen molar-refractivity contribution < 1.29 is 14.7 Å². The first-order chi connectivity index (χ1) is 9.52. The SMILES string of the molecule is Nc1ccc(CC(=O)NC2(C(=O)O)CCCCC2)nc1. The number of carboxylic acid groups (broad SMARTS) is 1. The van der Waals surface area contributed by atoms with Crippen LogP contribution in [0.5, 0.6) is 0 Å². The van der Waals surface area contributed by atoms with Gasteiger partial charge in [-0.05, 0) is 25.0 Å². The molecule has 0 unspecified atom stereocenters. The van der Waals surface area contributed by atoms with Crippen LogP contribution >= 0.6 is 0 Å². The predicted molar refractivity (Wildman–Crippen MR) is 73.9 cm³/mol. The molecule has 1 fully saturated rings. The van der Waals surface area contributed by atoms with E-state index in [0.717, 1.165) is 19.3 Å². The van der Waals surface area contributed by atoms with Crippen LogP contribution in [0.15, 0.2) is 18.3 Å². The number of carbonyl (C=O) groups excluding carboxylic acids is 1. The van der Waals surface area contributed by atoms with Gasteiger partial charge in [-0.15, -0.1) is 0 Å². The molecule has 1 aromatic heterocycles. The number of anilines is 1. The molecular weight excluding hydrogens is 258 g/mol. The summed E-state index contributed by atoms with van der Waals surface area (Å²) in [6, 6.07) is 3.34. The van der Waals surface area contributed by atoms with E-state index in [0.29, 0.717) is 24.2 Å². The Labute approximate surface area is 117 Å². The van der Waals surface area contributed by atoms with Gasteiger partial charge in [-0.1, -0.05) is 19.3 Å². The summed E-state index contributed by atoms with van der Waals surface area (Å²) in [5.74, 6) is -1.26. The first-order valence-electron chi connectivity index (χ1n) is 6.77. The lowest BCUT2D eigenvalue weighted by Crippen LogP contribution is -2.56. The van der Waals surface area contributed by atoms with Crippen molar-refractivity contribution in [1.29, 1.82) is 0 Å². The number of hydrogen-bond acceptors (Lipinski definition) is 4. The van der Waals surface area contributed by atoms with Gasteiger partial charge in [-0.3, -0.25) is 9.78 Å². The maximum absolute atomic E-state index is 12.0. The molecule has 1 saturated carbocycles. The zero-order valence-electron chi connectivity index (χ0n) is 11.3. The van der Waals surface area contributed by atoms with Crippen molar-refractivity contribution in [3.05, 3.63) is 24.0 Å². The van der Waals surface area contributed by atoms with Crippen LogP contribution < -0.4 is 11.1 Å². The third-order valence-corrected chi connectivity index (χ3v) is 3.68. The summed E-state index contributed by atoms with van der Waals surface area (Å²) in [6.07, 6.45) is 5.20. The number of aliphatic carboxylic acids is 1. The van der Waals surface area contributed by atoms with Crippen LogP contribution in [0.2, 0.25) is 0 Å². The Bertz CT molecular complexity index is 493. The van der Waals surface area contributed by atoms with E-state index in [-0.39, 0.29) is 12.3 Å². The topological polar surface area (TPSA) is 105 Å². The smallest absolute Gasteiger partial charge is 0.329 e. The molecule has 6 heteroatoms. The minimum atomic E-state index is -1.11. The highest BCUT2D eigenvalue weighted by Crippen LogP contribution is 2.28. The molecule has 6 nitrogen and oxygen atoms in total. The van der Waals surface area contributed by atoms with Crippen molar-refractivity contribution in [2.45, 2.75) is 44.1 Å². The average Bonchev–Trinajstić information content (AvgIpc) is 2.42. The second-order valence-corrected chi connectivity index (χ2v) is 5.26. The molecule has 0 radical (unpaired) electrons. The molecule has 108 valence electrons. The van der Waals surface area contributed by atoms with E-state index < -0.39 is 11.5 Å². The number of hydrogen-bond donors (Lipinski definition) is 3. The van der Waals surface area contributed by atoms with Gasteiger partial charge in [-0.25, -0.2) is 4.79 Å². The van der Waals surface area contributed by atoms with E-state index in [1.165, 1.54) is 6.20 Å². The summed E-state index contributed by atoms with van der Waals surface area (Å²) in [7, 11) is 0. The van der Waals surface area contributed by atoms with Gasteiger partial charge in [0.25, 0.3) is 0 Å². The van der Waals surface area contributed by atoms with E-state index >= 15 is 0 Å². The Hall–Kier alpha value is -2.11. The molecule has 1 amide bonds. The molecule has 1 heterocycles. The number of nitrogens with one attached hydrogen (secondary N) is 1. The van der Waals surface area contributed by atoms with E-state index in [4.69, 9.17) is 5.73 Å². The van der Waals surface area contributed by atoms with Gasteiger partial charge in [0, 0.05) is 5.69 Å². The molecule has 0 atom stereocenters. The van der Waals surface area contributed by atoms with Crippen molar-refractivity contribution in [1.82, 2.24) is 10.3 Å². The lowest BCUT2D eigenvalue weighted by atomic mass is 9.81. The van der Waals surface area contributed by atoms with Crippen molar-refractivity contribution in [2.24, 2.45) is 0 Å². The minimum absolute atomic E-state index is 0.0648. The number of amides is 1. The van der Waals surface area contributed by atoms with Gasteiger partial charge < -0.3 is 16.2 Å². The van der Waals surface area contributed by atoms with Gasteiger partial charge in [0.05, 0.1) is 18.3 Å². The Morgan fingerprint density at radius 1 is 1.30 bits per heavy atom. The van der Waals surface area contributed by atoms with E-state index in [9.17, 15) is 14.7 Å². The number of carboxylic acids is 1. The Balaban J connectivity index is 2.01. The summed E-state index contributed by atoms with van der Waals surface area (Å²) < 4.78 is 0. The zero-order chi connectivity index (χ0) is 14.6. The lowest BCUT2D eigenvalue weighted by molar-refractivity contribution is -0.149. The lowest BCUT2D eigenvalue weighted by Gasteiger charge is -2.33. The fourth-order valence-corrected chi connectivity index (χ4v) is 2.56. The molecule has 1 aliphatic rings. The van der Waals surface area contributed by atoms with E-state index in [1.54, 1.807) is 12.1 Å². The zero-order valence-corrected chi connectivity index (χ0v) is 11.3. The molecule has 0 aliphatic heterocycles. The van der Waals surface area contributed by atoms with Crippen LogP contribution in [-0.4, -0.2) is 27.5 Å². The molecule has 20 heavy (non-hydrogen) atoms. The molecule has 1 aliphatic carbocycles. The van der Waals surface area contributed by atoms with Crippen molar-refractivity contribution >= 4 is 17.6 Å². The highest BCUT2D eigenvalue weighted by molar-refractivity contribution is 5.87. The number of pyridine rings is 1. The fourth-order valence-electron chi connectivity index (χ4n) is 2.56. The number of nitrogens with zero attached hydrogens (tertiary/aromatic N) is 1. The van der Waals surface area contributed by atoms with Crippen LogP contribution in [0.25, 0.3) is 0 Å². The summed E-state index contributed by atoms with van der Waals surface area (Å²) >= 11 is 0. The van der Waals surface area contributed by atoms with Gasteiger partial charge in [-0.2, -0.15) is 0 Å². The number of aromatic nitrogens is 1. The van der Waals surface area contributed by atoms with Crippen LogP contribution in [0, 0.1) is 0 Å². The van der Waals surface area contributed by atoms with Gasteiger partial charge in [0.2, 0.25) is 5.91 Å². The first kappa shape index (κ1) is 14.3. The number of rotatable bonds is 4. The summed E-state index contributed by atoms with van der Waals surface area (Å²) in [5, 5.41) is 12.1. The quantitative estimate of drug-likeness (QED) is 0.764. The normalized spacial score (nSPS) is 17.4. The van der Waals surface area contributed by atoms with Crippen molar-refractivity contribution in [3.63, 3.8) is 0 Å². The van der Waals surface area contributed by atoms with Gasteiger partial charge >= 0.3 is 5.97 Å². The van der Waals surface area contributed by atoms with Crippen LogP contribution in [0.3, 0.4) is 0 Å². The molecule has 4 N–H and O–H groups in total. The highest BCUT2D eigenvalue weighted by atomic mass is 16.4. The maximum atomic E-state index is 12.0. The van der Waals surface area contributed by atoms with Crippen LogP contribution in [0.4, 0.5) is 5.69 Å². The Morgan fingerprint density at radius 3 is 2.55 bits per heavy atom. The molecule has 0 aromatic carbocycles. The number of nitrogens with two attached hydrogens (primary N) is 1. The second-order valence-electron chi connectivity index (χ2n) is 5.26. The predicted octanol–water partition coefficient (Wildman–Crippen LogP) is 1.11. The average molecular weight is 277 g/mol. The van der Waals surface area contributed by atoms with Gasteiger partial charge in [0.15, 0.2) is 0 Å². The Morgan fingerprint density at radius 2 is 2.00 bits per heavy atom. The molecule has 0 saturated heterocycles. The largest absolute Gasteiger partial charge is 0.480 e. The van der Waals surface area contributed by atoms with Gasteiger partial charge in [0.1, 0.15) is 5.54 Å². The third-order valence-electron chi connectivity index (χ3n) is 3.68. The monoisotopic (exact) mass is 277 g/mol. The summed E-state index contributed by atoms with van der Waals surface area (Å²) in [5.41, 5.74) is 5.53. The number of carbonyl (C=O) groups is 2. The third kappa shape index (κ3) is 3.26. The maximum Gasteiger partial charge on any atom is 0.329 e. The van der Waals surface area contributed by atoms with E-state index in [1.807, 2.05) is 0 Å². The highest BCUT2D eigenvalue weighted by Gasteiger charge is 2.40. The fraction of sp³-hybridized carbons (Fsp3) is 0.500.